The second-order valence-electron chi connectivity index (χ2n) is 9.20. The number of carbonyl (C=O) groups is 2. The smallest absolute Gasteiger partial charge is 0.234 e. The molecule has 0 aromatic heterocycles. The van der Waals surface area contributed by atoms with Crippen molar-refractivity contribution < 1.29 is 9.59 Å². The molecule has 6 heteroatoms. The minimum atomic E-state index is -0.140. The van der Waals surface area contributed by atoms with Crippen LogP contribution in [0.4, 0.5) is 0 Å². The van der Waals surface area contributed by atoms with Gasteiger partial charge in [-0.05, 0) is 38.1 Å². The van der Waals surface area contributed by atoms with Crippen molar-refractivity contribution in [2.24, 2.45) is 11.3 Å². The molecule has 0 aromatic carbocycles. The Labute approximate surface area is 163 Å². The molecular formula is C21H36N4O2. The zero-order valence-electron chi connectivity index (χ0n) is 16.7. The SMILES string of the molecule is O=C(CN1CCN(C(=O)[C@@]23CCCC[C@H]2CNC3)CC1)NC1CCCCC1. The zero-order valence-corrected chi connectivity index (χ0v) is 16.7. The van der Waals surface area contributed by atoms with Gasteiger partial charge in [0.25, 0.3) is 0 Å². The first kappa shape index (κ1) is 19.2. The number of carbonyl (C=O) groups excluding carboxylic acids is 2. The maximum atomic E-state index is 13.3. The van der Waals surface area contributed by atoms with E-state index >= 15 is 0 Å². The Hall–Kier alpha value is -1.14. The summed E-state index contributed by atoms with van der Waals surface area (Å²) in [6.07, 6.45) is 10.7. The Kier molecular flexibility index (Phi) is 6.02. The molecule has 27 heavy (non-hydrogen) atoms. The van der Waals surface area contributed by atoms with Gasteiger partial charge in [-0.25, -0.2) is 0 Å². The van der Waals surface area contributed by atoms with Crippen LogP contribution in [0.5, 0.6) is 0 Å². The van der Waals surface area contributed by atoms with Crippen molar-refractivity contribution in [3.05, 3.63) is 0 Å². The standard InChI is InChI=1S/C21H36N4O2/c26-19(23-18-7-2-1-3-8-18)15-24-10-12-25(13-11-24)20(27)21-9-5-4-6-17(21)14-22-16-21/h17-18,22H,1-16H2,(H,23,26)/t17-,21+/m0/s1. The summed E-state index contributed by atoms with van der Waals surface area (Å²) in [6, 6.07) is 0.381. The van der Waals surface area contributed by atoms with E-state index in [1.165, 1.54) is 38.5 Å². The molecule has 2 heterocycles. The molecule has 4 rings (SSSR count). The van der Waals surface area contributed by atoms with E-state index in [0.717, 1.165) is 58.5 Å². The van der Waals surface area contributed by atoms with Crippen LogP contribution in [0.3, 0.4) is 0 Å². The van der Waals surface area contributed by atoms with Crippen molar-refractivity contribution in [1.29, 1.82) is 0 Å². The number of hydrogen-bond acceptors (Lipinski definition) is 4. The van der Waals surface area contributed by atoms with Crippen LogP contribution < -0.4 is 10.6 Å². The highest BCUT2D eigenvalue weighted by Crippen LogP contribution is 2.45. The van der Waals surface area contributed by atoms with E-state index in [1.54, 1.807) is 0 Å². The lowest BCUT2D eigenvalue weighted by Gasteiger charge is -2.43. The fourth-order valence-electron chi connectivity index (χ4n) is 5.82. The summed E-state index contributed by atoms with van der Waals surface area (Å²) in [6.45, 7) is 5.52. The molecule has 2 atom stereocenters. The summed E-state index contributed by atoms with van der Waals surface area (Å²) in [5.41, 5.74) is -0.140. The number of rotatable bonds is 4. The van der Waals surface area contributed by atoms with E-state index < -0.39 is 0 Å². The van der Waals surface area contributed by atoms with Crippen LogP contribution in [0.15, 0.2) is 0 Å². The number of fused-ring (bicyclic) bond motifs is 1. The first-order chi connectivity index (χ1) is 13.2. The van der Waals surface area contributed by atoms with E-state index in [4.69, 9.17) is 0 Å². The van der Waals surface area contributed by atoms with Gasteiger partial charge in [0.05, 0.1) is 12.0 Å². The number of piperazine rings is 1. The molecule has 0 spiro atoms. The molecule has 2 aliphatic heterocycles. The van der Waals surface area contributed by atoms with Gasteiger partial charge >= 0.3 is 0 Å². The van der Waals surface area contributed by atoms with Gasteiger partial charge in [0, 0.05) is 38.8 Å². The molecular weight excluding hydrogens is 340 g/mol. The monoisotopic (exact) mass is 376 g/mol. The number of nitrogens with zero attached hydrogens (tertiary/aromatic N) is 2. The van der Waals surface area contributed by atoms with Crippen LogP contribution in [-0.4, -0.2) is 73.5 Å². The van der Waals surface area contributed by atoms with Crippen LogP contribution in [0.2, 0.25) is 0 Å². The van der Waals surface area contributed by atoms with Gasteiger partial charge < -0.3 is 15.5 Å². The molecule has 2 amide bonds. The van der Waals surface area contributed by atoms with E-state index in [0.29, 0.717) is 24.4 Å². The van der Waals surface area contributed by atoms with Crippen LogP contribution in [-0.2, 0) is 9.59 Å². The summed E-state index contributed by atoms with van der Waals surface area (Å²) < 4.78 is 0. The van der Waals surface area contributed by atoms with Crippen molar-refractivity contribution in [2.45, 2.75) is 63.8 Å². The van der Waals surface area contributed by atoms with Crippen LogP contribution >= 0.6 is 0 Å². The van der Waals surface area contributed by atoms with Gasteiger partial charge in [0.1, 0.15) is 0 Å². The van der Waals surface area contributed by atoms with E-state index in [2.05, 4.69) is 20.4 Å². The predicted octanol–water partition coefficient (Wildman–Crippen LogP) is 1.36. The molecule has 0 unspecified atom stereocenters. The molecule has 4 fully saturated rings. The molecule has 2 N–H and O–H groups in total. The molecule has 152 valence electrons. The molecule has 0 aromatic rings. The summed E-state index contributed by atoms with van der Waals surface area (Å²) >= 11 is 0. The molecule has 2 saturated heterocycles. The molecule has 4 aliphatic rings. The highest BCUT2D eigenvalue weighted by molar-refractivity contribution is 5.84. The van der Waals surface area contributed by atoms with Gasteiger partial charge in [-0.15, -0.1) is 0 Å². The third-order valence-electron chi connectivity index (χ3n) is 7.46. The van der Waals surface area contributed by atoms with Crippen molar-refractivity contribution >= 4 is 11.8 Å². The Morgan fingerprint density at radius 3 is 2.48 bits per heavy atom. The van der Waals surface area contributed by atoms with Gasteiger partial charge in [0.2, 0.25) is 11.8 Å². The Balaban J connectivity index is 1.25. The zero-order chi connectivity index (χ0) is 18.7. The van der Waals surface area contributed by atoms with Gasteiger partial charge in [-0.1, -0.05) is 32.1 Å². The highest BCUT2D eigenvalue weighted by atomic mass is 16.2. The molecule has 0 bridgehead atoms. The first-order valence-corrected chi connectivity index (χ1v) is 11.2. The number of hydrogen-bond donors (Lipinski definition) is 2. The van der Waals surface area contributed by atoms with Gasteiger partial charge in [-0.2, -0.15) is 0 Å². The maximum absolute atomic E-state index is 13.3. The van der Waals surface area contributed by atoms with E-state index in [1.807, 2.05) is 0 Å². The lowest BCUT2D eigenvalue weighted by molar-refractivity contribution is -0.147. The van der Waals surface area contributed by atoms with Crippen LogP contribution in [0, 0.1) is 11.3 Å². The normalized spacial score (nSPS) is 32.9. The second kappa shape index (κ2) is 8.48. The highest BCUT2D eigenvalue weighted by Gasteiger charge is 2.51. The third-order valence-corrected chi connectivity index (χ3v) is 7.46. The molecule has 2 aliphatic carbocycles. The maximum Gasteiger partial charge on any atom is 0.234 e. The summed E-state index contributed by atoms with van der Waals surface area (Å²) in [5, 5.41) is 6.70. The largest absolute Gasteiger partial charge is 0.352 e. The number of amides is 2. The van der Waals surface area contributed by atoms with Crippen LogP contribution in [0.25, 0.3) is 0 Å². The summed E-state index contributed by atoms with van der Waals surface area (Å²) in [4.78, 5) is 30.0. The quantitative estimate of drug-likeness (QED) is 0.778. The Bertz CT molecular complexity index is 540. The Morgan fingerprint density at radius 1 is 0.963 bits per heavy atom. The topological polar surface area (TPSA) is 64.7 Å². The first-order valence-electron chi connectivity index (χ1n) is 11.2. The van der Waals surface area contributed by atoms with Crippen LogP contribution in [0.1, 0.15) is 57.8 Å². The minimum Gasteiger partial charge on any atom is -0.352 e. The average Bonchev–Trinajstić information content (AvgIpc) is 3.14. The second-order valence-corrected chi connectivity index (χ2v) is 9.20. The molecule has 2 saturated carbocycles. The van der Waals surface area contributed by atoms with Crippen molar-refractivity contribution in [3.8, 4) is 0 Å². The third kappa shape index (κ3) is 4.16. The van der Waals surface area contributed by atoms with E-state index in [-0.39, 0.29) is 11.3 Å². The van der Waals surface area contributed by atoms with Gasteiger partial charge in [-0.3, -0.25) is 14.5 Å². The van der Waals surface area contributed by atoms with Gasteiger partial charge in [0.15, 0.2) is 0 Å². The summed E-state index contributed by atoms with van der Waals surface area (Å²) in [7, 11) is 0. The predicted molar refractivity (Wildman–Crippen MR) is 105 cm³/mol. The van der Waals surface area contributed by atoms with E-state index in [9.17, 15) is 9.59 Å². The fraction of sp³-hybridized carbons (Fsp3) is 0.905. The average molecular weight is 377 g/mol. The number of nitrogens with one attached hydrogen (secondary N) is 2. The summed E-state index contributed by atoms with van der Waals surface area (Å²) in [5.74, 6) is 1.06. The Morgan fingerprint density at radius 2 is 1.70 bits per heavy atom. The minimum absolute atomic E-state index is 0.140. The van der Waals surface area contributed by atoms with Crippen molar-refractivity contribution in [3.63, 3.8) is 0 Å². The lowest BCUT2D eigenvalue weighted by Crippen LogP contribution is -2.57. The lowest BCUT2D eigenvalue weighted by atomic mass is 9.67. The fourth-order valence-corrected chi connectivity index (χ4v) is 5.82. The van der Waals surface area contributed by atoms with Crippen molar-refractivity contribution in [1.82, 2.24) is 20.4 Å². The van der Waals surface area contributed by atoms with Crippen molar-refractivity contribution in [2.75, 3.05) is 45.8 Å². The molecule has 6 nitrogen and oxygen atoms in total. The molecule has 0 radical (unpaired) electrons.